The van der Waals surface area contributed by atoms with Gasteiger partial charge in [0.05, 0.1) is 12.0 Å². The molecule has 0 saturated carbocycles. The molecule has 1 aliphatic rings. The molecule has 0 atom stereocenters. The lowest BCUT2D eigenvalue weighted by Crippen LogP contribution is -2.28. The van der Waals surface area contributed by atoms with E-state index < -0.39 is 0 Å². The SMILES string of the molecule is COCCOC(=O)c1sc2ncnc(N3CCCNCC3)c2c1C. The summed E-state index contributed by atoms with van der Waals surface area (Å²) >= 11 is 1.36. The van der Waals surface area contributed by atoms with Crippen LogP contribution in [0.3, 0.4) is 0 Å². The highest BCUT2D eigenvalue weighted by Gasteiger charge is 2.23. The third kappa shape index (κ3) is 3.50. The third-order valence-electron chi connectivity index (χ3n) is 4.05. The molecule has 1 aliphatic heterocycles. The van der Waals surface area contributed by atoms with E-state index in [4.69, 9.17) is 9.47 Å². The van der Waals surface area contributed by atoms with Crippen molar-refractivity contribution >= 4 is 33.3 Å². The second kappa shape index (κ2) is 7.87. The van der Waals surface area contributed by atoms with Gasteiger partial charge in [0.25, 0.3) is 0 Å². The Bertz CT molecular complexity index is 711. The van der Waals surface area contributed by atoms with Crippen LogP contribution in [0.25, 0.3) is 10.2 Å². The van der Waals surface area contributed by atoms with Gasteiger partial charge in [-0.15, -0.1) is 11.3 Å². The molecule has 0 amide bonds. The molecule has 130 valence electrons. The van der Waals surface area contributed by atoms with Gasteiger partial charge in [-0.1, -0.05) is 0 Å². The second-order valence-corrected chi connectivity index (χ2v) is 6.65. The van der Waals surface area contributed by atoms with Crippen LogP contribution >= 0.6 is 11.3 Å². The zero-order chi connectivity index (χ0) is 16.9. The molecule has 2 aromatic heterocycles. The summed E-state index contributed by atoms with van der Waals surface area (Å²) in [5.74, 6) is 0.587. The van der Waals surface area contributed by atoms with Crippen molar-refractivity contribution in [3.05, 3.63) is 16.8 Å². The smallest absolute Gasteiger partial charge is 0.348 e. The number of aromatic nitrogens is 2. The quantitative estimate of drug-likeness (QED) is 0.648. The Hall–Kier alpha value is -1.77. The van der Waals surface area contributed by atoms with Gasteiger partial charge in [-0.3, -0.25) is 0 Å². The molecule has 0 radical (unpaired) electrons. The van der Waals surface area contributed by atoms with Crippen LogP contribution < -0.4 is 10.2 Å². The minimum absolute atomic E-state index is 0.249. The summed E-state index contributed by atoms with van der Waals surface area (Å²) in [5.41, 5.74) is 0.894. The van der Waals surface area contributed by atoms with Gasteiger partial charge < -0.3 is 19.7 Å². The highest BCUT2D eigenvalue weighted by molar-refractivity contribution is 7.20. The van der Waals surface area contributed by atoms with Crippen molar-refractivity contribution in [1.29, 1.82) is 0 Å². The summed E-state index contributed by atoms with van der Waals surface area (Å²) in [6, 6.07) is 0. The maximum absolute atomic E-state index is 12.3. The molecule has 3 heterocycles. The van der Waals surface area contributed by atoms with Crippen molar-refractivity contribution < 1.29 is 14.3 Å². The van der Waals surface area contributed by atoms with Gasteiger partial charge in [0, 0.05) is 26.7 Å². The maximum atomic E-state index is 12.3. The third-order valence-corrected chi connectivity index (χ3v) is 5.23. The van der Waals surface area contributed by atoms with Gasteiger partial charge in [-0.2, -0.15) is 0 Å². The highest BCUT2D eigenvalue weighted by atomic mass is 32.1. The molecule has 0 aromatic carbocycles. The van der Waals surface area contributed by atoms with E-state index in [-0.39, 0.29) is 12.6 Å². The number of nitrogens with zero attached hydrogens (tertiary/aromatic N) is 3. The van der Waals surface area contributed by atoms with Crippen molar-refractivity contribution in [2.45, 2.75) is 13.3 Å². The molecule has 3 rings (SSSR count). The van der Waals surface area contributed by atoms with E-state index in [1.165, 1.54) is 11.3 Å². The van der Waals surface area contributed by atoms with Gasteiger partial charge in [-0.25, -0.2) is 14.8 Å². The number of carbonyl (C=O) groups excluding carboxylic acids is 1. The lowest BCUT2D eigenvalue weighted by molar-refractivity contribution is 0.0393. The predicted octanol–water partition coefficient (Wildman–Crippen LogP) is 1.60. The fourth-order valence-corrected chi connectivity index (χ4v) is 3.87. The molecular formula is C16H22N4O3S. The number of anilines is 1. The molecule has 7 nitrogen and oxygen atoms in total. The van der Waals surface area contributed by atoms with Crippen LogP contribution in [0.15, 0.2) is 6.33 Å². The molecule has 0 bridgehead atoms. The first-order valence-electron chi connectivity index (χ1n) is 8.08. The number of esters is 1. The van der Waals surface area contributed by atoms with Crippen molar-refractivity contribution in [2.75, 3.05) is 51.4 Å². The molecule has 24 heavy (non-hydrogen) atoms. The molecule has 0 aliphatic carbocycles. The van der Waals surface area contributed by atoms with Crippen LogP contribution in [0.4, 0.5) is 5.82 Å². The number of ether oxygens (including phenoxy) is 2. The Balaban J connectivity index is 1.93. The van der Waals surface area contributed by atoms with Crippen molar-refractivity contribution in [3.8, 4) is 0 Å². The molecule has 1 N–H and O–H groups in total. The zero-order valence-corrected chi connectivity index (χ0v) is 14.8. The summed E-state index contributed by atoms with van der Waals surface area (Å²) in [6.07, 6.45) is 2.65. The standard InChI is InChI=1S/C16H22N4O3S/c1-11-12-14(20-6-3-4-17-5-7-20)18-10-19-15(12)24-13(11)16(21)23-9-8-22-2/h10,17H,3-9H2,1-2H3. The van der Waals surface area contributed by atoms with E-state index in [0.29, 0.717) is 11.5 Å². The number of aryl methyl sites for hydroxylation is 1. The van der Waals surface area contributed by atoms with Crippen molar-refractivity contribution in [3.63, 3.8) is 0 Å². The van der Waals surface area contributed by atoms with E-state index in [1.54, 1.807) is 13.4 Å². The van der Waals surface area contributed by atoms with E-state index in [2.05, 4.69) is 20.2 Å². The van der Waals surface area contributed by atoms with Gasteiger partial charge in [0.2, 0.25) is 0 Å². The van der Waals surface area contributed by atoms with Crippen LogP contribution in [0.5, 0.6) is 0 Å². The summed E-state index contributed by atoms with van der Waals surface area (Å²) in [6.45, 7) is 6.37. The normalized spacial score (nSPS) is 15.5. The van der Waals surface area contributed by atoms with Gasteiger partial charge in [-0.05, 0) is 25.5 Å². The summed E-state index contributed by atoms with van der Waals surface area (Å²) in [4.78, 5) is 24.9. The van der Waals surface area contributed by atoms with Crippen LogP contribution in [-0.2, 0) is 9.47 Å². The average molecular weight is 350 g/mol. The summed E-state index contributed by atoms with van der Waals surface area (Å²) in [7, 11) is 1.58. The van der Waals surface area contributed by atoms with Gasteiger partial charge in [0.1, 0.15) is 28.5 Å². The first-order valence-corrected chi connectivity index (χ1v) is 8.90. The Kier molecular flexibility index (Phi) is 5.60. The first-order chi connectivity index (χ1) is 11.7. The number of methoxy groups -OCH3 is 1. The fraction of sp³-hybridized carbons (Fsp3) is 0.562. The molecule has 1 saturated heterocycles. The minimum Gasteiger partial charge on any atom is -0.459 e. The predicted molar refractivity (Wildman–Crippen MR) is 94.0 cm³/mol. The molecule has 8 heteroatoms. The Morgan fingerprint density at radius 3 is 3.04 bits per heavy atom. The van der Waals surface area contributed by atoms with Crippen LogP contribution in [0.1, 0.15) is 21.7 Å². The molecule has 0 unspecified atom stereocenters. The molecule has 2 aromatic rings. The lowest BCUT2D eigenvalue weighted by Gasteiger charge is -2.21. The van der Waals surface area contributed by atoms with Crippen LogP contribution in [0, 0.1) is 6.92 Å². The first kappa shape index (κ1) is 17.1. The topological polar surface area (TPSA) is 76.6 Å². The van der Waals surface area contributed by atoms with Crippen LogP contribution in [0.2, 0.25) is 0 Å². The lowest BCUT2D eigenvalue weighted by atomic mass is 10.2. The number of fused-ring (bicyclic) bond motifs is 1. The second-order valence-electron chi connectivity index (χ2n) is 5.65. The Labute approximate surface area is 145 Å². The van der Waals surface area contributed by atoms with Gasteiger partial charge in [0.15, 0.2) is 0 Å². The van der Waals surface area contributed by atoms with Crippen molar-refractivity contribution in [1.82, 2.24) is 15.3 Å². The molecule has 1 fully saturated rings. The number of hydrogen-bond donors (Lipinski definition) is 1. The largest absolute Gasteiger partial charge is 0.459 e. The van der Waals surface area contributed by atoms with Gasteiger partial charge >= 0.3 is 5.97 Å². The summed E-state index contributed by atoms with van der Waals surface area (Å²) < 4.78 is 10.2. The highest BCUT2D eigenvalue weighted by Crippen LogP contribution is 2.35. The Morgan fingerprint density at radius 2 is 2.21 bits per heavy atom. The number of hydrogen-bond acceptors (Lipinski definition) is 8. The number of rotatable bonds is 5. The fourth-order valence-electron chi connectivity index (χ4n) is 2.83. The van der Waals surface area contributed by atoms with E-state index >= 15 is 0 Å². The van der Waals surface area contributed by atoms with E-state index in [9.17, 15) is 4.79 Å². The van der Waals surface area contributed by atoms with Crippen LogP contribution in [-0.4, -0.2) is 62.4 Å². The average Bonchev–Trinajstić information content (AvgIpc) is 2.78. The number of carbonyl (C=O) groups is 1. The minimum atomic E-state index is -0.323. The Morgan fingerprint density at radius 1 is 1.33 bits per heavy atom. The number of thiophene rings is 1. The summed E-state index contributed by atoms with van der Waals surface area (Å²) in [5, 5.41) is 4.35. The van der Waals surface area contributed by atoms with E-state index in [0.717, 1.165) is 54.2 Å². The zero-order valence-electron chi connectivity index (χ0n) is 14.0. The van der Waals surface area contributed by atoms with Crippen molar-refractivity contribution in [2.24, 2.45) is 0 Å². The molecule has 0 spiro atoms. The number of nitrogens with one attached hydrogen (secondary N) is 1. The molecular weight excluding hydrogens is 328 g/mol. The maximum Gasteiger partial charge on any atom is 0.348 e. The van der Waals surface area contributed by atoms with E-state index in [1.807, 2.05) is 6.92 Å². The monoisotopic (exact) mass is 350 g/mol.